The summed E-state index contributed by atoms with van der Waals surface area (Å²) in [5.41, 5.74) is 2.45. The van der Waals surface area contributed by atoms with Crippen LogP contribution in [0.1, 0.15) is 11.1 Å². The maximum atomic E-state index is 11.8. The maximum Gasteiger partial charge on any atom is 0.413 e. The smallest absolute Gasteiger partial charge is 0.413 e. The Bertz CT molecular complexity index is 774. The molecule has 0 unspecified atom stereocenters. The van der Waals surface area contributed by atoms with Gasteiger partial charge in [-0.1, -0.05) is 48.1 Å². The first-order valence-electron chi connectivity index (χ1n) is 8.04. The van der Waals surface area contributed by atoms with Crippen molar-refractivity contribution in [1.29, 1.82) is 0 Å². The Morgan fingerprint density at radius 2 is 2.04 bits per heavy atom. The van der Waals surface area contributed by atoms with Crippen LogP contribution in [0.3, 0.4) is 0 Å². The molecule has 136 valence electrons. The van der Waals surface area contributed by atoms with Crippen molar-refractivity contribution < 1.29 is 19.1 Å². The fourth-order valence-corrected chi connectivity index (χ4v) is 2.23. The number of amides is 1. The number of benzene rings is 2. The first-order chi connectivity index (χ1) is 12.7. The minimum atomic E-state index is -0.435. The number of para-hydroxylation sites is 1. The zero-order valence-electron chi connectivity index (χ0n) is 14.9. The van der Waals surface area contributed by atoms with Crippen molar-refractivity contribution in [3.8, 4) is 5.75 Å². The molecular weight excluding hydrogens is 332 g/mol. The summed E-state index contributed by atoms with van der Waals surface area (Å²) >= 11 is 0. The van der Waals surface area contributed by atoms with Gasteiger partial charge < -0.3 is 14.3 Å². The number of nitrogens with zero attached hydrogens (tertiary/aromatic N) is 2. The highest BCUT2D eigenvalue weighted by Crippen LogP contribution is 2.22. The van der Waals surface area contributed by atoms with Gasteiger partial charge in [-0.25, -0.2) is 4.79 Å². The zero-order chi connectivity index (χ0) is 18.8. The number of hydrogen-bond acceptors (Lipinski definition) is 5. The van der Waals surface area contributed by atoms with E-state index >= 15 is 0 Å². The third kappa shape index (κ3) is 5.37. The van der Waals surface area contributed by atoms with Gasteiger partial charge in [0.15, 0.2) is 0 Å². The Morgan fingerprint density at radius 1 is 1.23 bits per heavy atom. The number of carbonyl (C=O) groups excluding carboxylic acids is 1. The van der Waals surface area contributed by atoms with Gasteiger partial charge in [-0.05, 0) is 23.8 Å². The average Bonchev–Trinajstić information content (AvgIpc) is 2.69. The summed E-state index contributed by atoms with van der Waals surface area (Å²) in [6.45, 7) is 4.23. The van der Waals surface area contributed by atoms with Crippen LogP contribution in [0.2, 0.25) is 0 Å². The fourth-order valence-electron chi connectivity index (χ4n) is 2.23. The number of carbonyl (C=O) groups is 1. The second-order valence-corrected chi connectivity index (χ2v) is 5.34. The summed E-state index contributed by atoms with van der Waals surface area (Å²) in [7, 11) is 3.01. The molecule has 0 aromatic heterocycles. The van der Waals surface area contributed by atoms with Crippen LogP contribution in [-0.2, 0) is 16.2 Å². The molecule has 6 nitrogen and oxygen atoms in total. The van der Waals surface area contributed by atoms with Crippen molar-refractivity contribution in [1.82, 2.24) is 0 Å². The quantitative estimate of drug-likeness (QED) is 0.311. The van der Waals surface area contributed by atoms with Crippen molar-refractivity contribution in [2.45, 2.75) is 6.61 Å². The van der Waals surface area contributed by atoms with Crippen LogP contribution in [0.15, 0.2) is 66.3 Å². The lowest BCUT2D eigenvalue weighted by Crippen LogP contribution is -2.27. The summed E-state index contributed by atoms with van der Waals surface area (Å²) in [6.07, 6.45) is 2.80. The molecule has 26 heavy (non-hydrogen) atoms. The molecule has 0 spiro atoms. The number of oxime groups is 1. The Kier molecular flexibility index (Phi) is 7.24. The van der Waals surface area contributed by atoms with Crippen LogP contribution in [0, 0.1) is 0 Å². The summed E-state index contributed by atoms with van der Waals surface area (Å²) in [5, 5.41) is 3.85. The van der Waals surface area contributed by atoms with Crippen molar-refractivity contribution >= 4 is 18.0 Å². The predicted molar refractivity (Wildman–Crippen MR) is 102 cm³/mol. The van der Waals surface area contributed by atoms with Crippen LogP contribution in [0.25, 0.3) is 0 Å². The molecule has 2 aromatic rings. The third-order valence-electron chi connectivity index (χ3n) is 3.52. The number of anilines is 1. The minimum Gasteiger partial charge on any atom is -0.489 e. The molecule has 1 amide bonds. The number of hydrogen-bond donors (Lipinski definition) is 0. The standard InChI is InChI=1S/C20H22N2O4/c1-4-12-26-21-14-16-8-7-10-18(13-16)25-15-17-9-5-6-11-19(17)22(2)20(23)24-3/h4-11,13-14H,1,12,15H2,2-3H3. The molecule has 0 fully saturated rings. The van der Waals surface area contributed by atoms with E-state index in [0.29, 0.717) is 19.0 Å². The van der Waals surface area contributed by atoms with E-state index in [1.807, 2.05) is 48.5 Å². The lowest BCUT2D eigenvalue weighted by atomic mass is 10.1. The van der Waals surface area contributed by atoms with Gasteiger partial charge in [0.25, 0.3) is 0 Å². The summed E-state index contributed by atoms with van der Waals surface area (Å²) < 4.78 is 10.6. The highest BCUT2D eigenvalue weighted by molar-refractivity contribution is 5.87. The Hall–Kier alpha value is -3.28. The van der Waals surface area contributed by atoms with Crippen LogP contribution < -0.4 is 9.64 Å². The Morgan fingerprint density at radius 3 is 2.81 bits per heavy atom. The molecule has 2 aromatic carbocycles. The monoisotopic (exact) mass is 354 g/mol. The summed E-state index contributed by atoms with van der Waals surface area (Å²) in [4.78, 5) is 18.2. The van der Waals surface area contributed by atoms with Crippen molar-refractivity contribution in [3.05, 3.63) is 72.3 Å². The van der Waals surface area contributed by atoms with Gasteiger partial charge in [-0.2, -0.15) is 0 Å². The molecule has 0 heterocycles. The molecule has 0 atom stereocenters. The molecule has 0 bridgehead atoms. The van der Waals surface area contributed by atoms with E-state index in [4.69, 9.17) is 14.3 Å². The van der Waals surface area contributed by atoms with E-state index in [-0.39, 0.29) is 0 Å². The van der Waals surface area contributed by atoms with Gasteiger partial charge in [0.2, 0.25) is 0 Å². The summed E-state index contributed by atoms with van der Waals surface area (Å²) in [6, 6.07) is 15.0. The highest BCUT2D eigenvalue weighted by atomic mass is 16.6. The molecule has 0 aliphatic heterocycles. The van der Waals surface area contributed by atoms with Gasteiger partial charge in [-0.3, -0.25) is 4.90 Å². The van der Waals surface area contributed by atoms with E-state index in [0.717, 1.165) is 16.8 Å². The first-order valence-corrected chi connectivity index (χ1v) is 8.04. The third-order valence-corrected chi connectivity index (χ3v) is 3.52. The summed E-state index contributed by atoms with van der Waals surface area (Å²) in [5.74, 6) is 0.688. The largest absolute Gasteiger partial charge is 0.489 e. The molecular formula is C20H22N2O4. The van der Waals surface area contributed by atoms with E-state index < -0.39 is 6.09 Å². The Balaban J connectivity index is 2.06. The molecule has 0 aliphatic carbocycles. The average molecular weight is 354 g/mol. The lowest BCUT2D eigenvalue weighted by molar-refractivity contribution is 0.176. The van der Waals surface area contributed by atoms with E-state index in [9.17, 15) is 4.79 Å². The number of methoxy groups -OCH3 is 1. The normalized spacial score (nSPS) is 10.4. The zero-order valence-corrected chi connectivity index (χ0v) is 14.9. The topological polar surface area (TPSA) is 60.4 Å². The lowest BCUT2D eigenvalue weighted by Gasteiger charge is -2.19. The van der Waals surface area contributed by atoms with E-state index in [2.05, 4.69) is 11.7 Å². The predicted octanol–water partition coefficient (Wildman–Crippen LogP) is 4.00. The highest BCUT2D eigenvalue weighted by Gasteiger charge is 2.14. The molecule has 2 rings (SSSR count). The fraction of sp³-hybridized carbons (Fsp3) is 0.200. The van der Waals surface area contributed by atoms with E-state index in [1.165, 1.54) is 12.0 Å². The van der Waals surface area contributed by atoms with Gasteiger partial charge in [0, 0.05) is 12.6 Å². The van der Waals surface area contributed by atoms with Crippen molar-refractivity contribution in [2.75, 3.05) is 25.7 Å². The van der Waals surface area contributed by atoms with Gasteiger partial charge in [-0.15, -0.1) is 0 Å². The van der Waals surface area contributed by atoms with Crippen molar-refractivity contribution in [2.24, 2.45) is 5.16 Å². The SMILES string of the molecule is C=CCON=Cc1cccc(OCc2ccccc2N(C)C(=O)OC)c1. The second kappa shape index (κ2) is 9.88. The van der Waals surface area contributed by atoms with Crippen LogP contribution >= 0.6 is 0 Å². The first kappa shape index (κ1) is 19.1. The number of ether oxygens (including phenoxy) is 2. The maximum absolute atomic E-state index is 11.8. The van der Waals surface area contributed by atoms with Crippen LogP contribution in [0.4, 0.5) is 10.5 Å². The molecule has 0 saturated heterocycles. The molecule has 0 N–H and O–H groups in total. The number of rotatable bonds is 8. The van der Waals surface area contributed by atoms with E-state index in [1.54, 1.807) is 19.3 Å². The Labute approximate surface area is 153 Å². The van der Waals surface area contributed by atoms with Gasteiger partial charge >= 0.3 is 6.09 Å². The van der Waals surface area contributed by atoms with Gasteiger partial charge in [0.05, 0.1) is 19.0 Å². The molecule has 6 heteroatoms. The van der Waals surface area contributed by atoms with Crippen molar-refractivity contribution in [3.63, 3.8) is 0 Å². The van der Waals surface area contributed by atoms with Gasteiger partial charge in [0.1, 0.15) is 19.0 Å². The molecule has 0 radical (unpaired) electrons. The van der Waals surface area contributed by atoms with Crippen LogP contribution in [-0.4, -0.2) is 33.1 Å². The second-order valence-electron chi connectivity index (χ2n) is 5.34. The van der Waals surface area contributed by atoms with Crippen LogP contribution in [0.5, 0.6) is 5.75 Å². The minimum absolute atomic E-state index is 0.311. The molecule has 0 saturated carbocycles. The molecule has 0 aliphatic rings.